The van der Waals surface area contributed by atoms with E-state index in [1.807, 2.05) is 0 Å². The monoisotopic (exact) mass is 323 g/mol. The van der Waals surface area contributed by atoms with Gasteiger partial charge in [0.05, 0.1) is 6.61 Å². The number of fused-ring (bicyclic) bond motifs is 1. The van der Waals surface area contributed by atoms with Crippen molar-refractivity contribution < 1.29 is 4.74 Å². The van der Waals surface area contributed by atoms with Gasteiger partial charge in [-0.15, -0.1) is 0 Å². The summed E-state index contributed by atoms with van der Waals surface area (Å²) in [6, 6.07) is 5.01. The summed E-state index contributed by atoms with van der Waals surface area (Å²) in [7, 11) is 0. The molecular formula is C16H22BrNO. The standard InChI is InChI=1S/C16H22BrNO/c1-16(2)6-3-4-14(16)18-10-12-9-13(17)8-11-5-7-19-15(11)12/h8-9,14,18H,3-7,10H2,1-2H3. The molecule has 0 saturated heterocycles. The summed E-state index contributed by atoms with van der Waals surface area (Å²) >= 11 is 3.61. The zero-order valence-electron chi connectivity index (χ0n) is 11.8. The molecule has 104 valence electrons. The van der Waals surface area contributed by atoms with Gasteiger partial charge < -0.3 is 10.1 Å². The Bertz CT molecular complexity index is 484. The molecule has 1 atom stereocenters. The number of benzene rings is 1. The molecule has 1 aliphatic carbocycles. The highest BCUT2D eigenvalue weighted by Gasteiger charge is 2.34. The average Bonchev–Trinajstić information content (AvgIpc) is 2.92. The number of hydrogen-bond donors (Lipinski definition) is 1. The van der Waals surface area contributed by atoms with Crippen molar-refractivity contribution in [3.8, 4) is 5.75 Å². The van der Waals surface area contributed by atoms with Crippen molar-refractivity contribution in [3.05, 3.63) is 27.7 Å². The van der Waals surface area contributed by atoms with Crippen LogP contribution in [0, 0.1) is 5.41 Å². The molecule has 1 N–H and O–H groups in total. The molecule has 3 rings (SSSR count). The van der Waals surface area contributed by atoms with E-state index in [0.29, 0.717) is 11.5 Å². The van der Waals surface area contributed by atoms with E-state index in [1.54, 1.807) is 0 Å². The molecule has 19 heavy (non-hydrogen) atoms. The van der Waals surface area contributed by atoms with Crippen LogP contribution in [0.25, 0.3) is 0 Å². The van der Waals surface area contributed by atoms with Crippen molar-refractivity contribution in [2.24, 2.45) is 5.41 Å². The van der Waals surface area contributed by atoms with Gasteiger partial charge >= 0.3 is 0 Å². The van der Waals surface area contributed by atoms with E-state index in [1.165, 1.54) is 34.9 Å². The lowest BCUT2D eigenvalue weighted by Gasteiger charge is -2.28. The zero-order valence-corrected chi connectivity index (χ0v) is 13.3. The molecule has 0 bridgehead atoms. The fourth-order valence-corrected chi connectivity index (χ4v) is 3.97. The van der Waals surface area contributed by atoms with Crippen LogP contribution in [0.2, 0.25) is 0 Å². The maximum absolute atomic E-state index is 5.79. The van der Waals surface area contributed by atoms with Crippen LogP contribution >= 0.6 is 15.9 Å². The minimum absolute atomic E-state index is 0.427. The van der Waals surface area contributed by atoms with Crippen LogP contribution in [0.5, 0.6) is 5.75 Å². The number of ether oxygens (including phenoxy) is 1. The lowest BCUT2D eigenvalue weighted by Crippen LogP contribution is -2.37. The second kappa shape index (κ2) is 5.10. The first-order chi connectivity index (χ1) is 9.06. The van der Waals surface area contributed by atoms with Gasteiger partial charge in [-0.2, -0.15) is 0 Å². The Morgan fingerprint density at radius 3 is 3.00 bits per heavy atom. The predicted molar refractivity (Wildman–Crippen MR) is 81.6 cm³/mol. The highest BCUT2D eigenvalue weighted by Crippen LogP contribution is 2.38. The largest absolute Gasteiger partial charge is 0.493 e. The SMILES string of the molecule is CC1(C)CCCC1NCc1cc(Br)cc2c1OCC2. The van der Waals surface area contributed by atoms with Gasteiger partial charge in [0.15, 0.2) is 0 Å². The molecule has 1 aromatic rings. The van der Waals surface area contributed by atoms with Crippen molar-refractivity contribution in [1.29, 1.82) is 0 Å². The first-order valence-electron chi connectivity index (χ1n) is 7.24. The zero-order chi connectivity index (χ0) is 13.5. The molecule has 1 saturated carbocycles. The number of rotatable bonds is 3. The van der Waals surface area contributed by atoms with Crippen LogP contribution in [0.1, 0.15) is 44.2 Å². The van der Waals surface area contributed by atoms with Crippen LogP contribution in [0.3, 0.4) is 0 Å². The fourth-order valence-electron chi connectivity index (χ4n) is 3.42. The van der Waals surface area contributed by atoms with E-state index >= 15 is 0 Å². The molecule has 1 aliphatic heterocycles. The Morgan fingerprint density at radius 2 is 2.26 bits per heavy atom. The van der Waals surface area contributed by atoms with Gasteiger partial charge in [0.25, 0.3) is 0 Å². The third-order valence-corrected chi connectivity index (χ3v) is 5.08. The van der Waals surface area contributed by atoms with E-state index in [-0.39, 0.29) is 0 Å². The molecule has 2 aliphatic rings. The van der Waals surface area contributed by atoms with Crippen LogP contribution < -0.4 is 10.1 Å². The molecule has 2 nitrogen and oxygen atoms in total. The van der Waals surface area contributed by atoms with E-state index in [2.05, 4.69) is 47.2 Å². The lowest BCUT2D eigenvalue weighted by atomic mass is 9.87. The maximum atomic E-state index is 5.79. The van der Waals surface area contributed by atoms with Crippen molar-refractivity contribution >= 4 is 15.9 Å². The van der Waals surface area contributed by atoms with Gasteiger partial charge in [-0.25, -0.2) is 0 Å². The summed E-state index contributed by atoms with van der Waals surface area (Å²) < 4.78 is 6.96. The summed E-state index contributed by atoms with van der Waals surface area (Å²) in [5.41, 5.74) is 3.07. The van der Waals surface area contributed by atoms with Gasteiger partial charge in [-0.3, -0.25) is 0 Å². The highest BCUT2D eigenvalue weighted by atomic mass is 79.9. The Balaban J connectivity index is 1.74. The molecule has 1 aromatic carbocycles. The minimum Gasteiger partial charge on any atom is -0.493 e. The molecule has 1 fully saturated rings. The van der Waals surface area contributed by atoms with Crippen molar-refractivity contribution in [2.75, 3.05) is 6.61 Å². The lowest BCUT2D eigenvalue weighted by molar-refractivity contribution is 0.280. The number of nitrogens with one attached hydrogen (secondary N) is 1. The Hall–Kier alpha value is -0.540. The molecule has 0 aromatic heterocycles. The Morgan fingerprint density at radius 1 is 1.42 bits per heavy atom. The molecule has 1 unspecified atom stereocenters. The summed E-state index contributed by atoms with van der Waals surface area (Å²) in [5.74, 6) is 1.12. The third kappa shape index (κ3) is 2.68. The molecule has 1 heterocycles. The van der Waals surface area contributed by atoms with E-state index in [0.717, 1.165) is 25.3 Å². The smallest absolute Gasteiger partial charge is 0.127 e. The fraction of sp³-hybridized carbons (Fsp3) is 0.625. The van der Waals surface area contributed by atoms with E-state index in [4.69, 9.17) is 4.74 Å². The van der Waals surface area contributed by atoms with Gasteiger partial charge in [0, 0.05) is 29.0 Å². The Kier molecular flexibility index (Phi) is 3.61. The molecular weight excluding hydrogens is 302 g/mol. The van der Waals surface area contributed by atoms with Crippen LogP contribution in [-0.4, -0.2) is 12.6 Å². The summed E-state index contributed by atoms with van der Waals surface area (Å²) in [5, 5.41) is 3.74. The minimum atomic E-state index is 0.427. The molecule has 0 spiro atoms. The quantitative estimate of drug-likeness (QED) is 0.906. The average molecular weight is 324 g/mol. The van der Waals surface area contributed by atoms with Gasteiger partial charge in [-0.05, 0) is 36.0 Å². The molecule has 0 radical (unpaired) electrons. The van der Waals surface area contributed by atoms with Crippen molar-refractivity contribution in [2.45, 2.75) is 52.1 Å². The van der Waals surface area contributed by atoms with E-state index in [9.17, 15) is 0 Å². The first kappa shape index (κ1) is 13.4. The summed E-state index contributed by atoms with van der Waals surface area (Å²) in [6.45, 7) is 6.49. The highest BCUT2D eigenvalue weighted by molar-refractivity contribution is 9.10. The summed E-state index contributed by atoms with van der Waals surface area (Å²) in [4.78, 5) is 0. The first-order valence-corrected chi connectivity index (χ1v) is 8.03. The molecule has 3 heteroatoms. The second-order valence-electron chi connectivity index (χ2n) is 6.47. The summed E-state index contributed by atoms with van der Waals surface area (Å²) in [6.07, 6.45) is 5.01. The van der Waals surface area contributed by atoms with Crippen LogP contribution in [0.15, 0.2) is 16.6 Å². The predicted octanol–water partition coefficient (Wildman–Crippen LogP) is 4.05. The Labute approximate surface area is 124 Å². The number of hydrogen-bond acceptors (Lipinski definition) is 2. The van der Waals surface area contributed by atoms with Crippen LogP contribution in [-0.2, 0) is 13.0 Å². The van der Waals surface area contributed by atoms with Gasteiger partial charge in [0.1, 0.15) is 5.75 Å². The topological polar surface area (TPSA) is 21.3 Å². The number of halogens is 1. The molecule has 0 amide bonds. The second-order valence-corrected chi connectivity index (χ2v) is 7.38. The normalized spacial score (nSPS) is 24.3. The van der Waals surface area contributed by atoms with Gasteiger partial charge in [0.2, 0.25) is 0 Å². The van der Waals surface area contributed by atoms with Crippen molar-refractivity contribution in [3.63, 3.8) is 0 Å². The van der Waals surface area contributed by atoms with E-state index < -0.39 is 0 Å². The third-order valence-electron chi connectivity index (χ3n) is 4.62. The van der Waals surface area contributed by atoms with Gasteiger partial charge in [-0.1, -0.05) is 36.2 Å². The maximum Gasteiger partial charge on any atom is 0.127 e. The van der Waals surface area contributed by atoms with Crippen molar-refractivity contribution in [1.82, 2.24) is 5.32 Å². The van der Waals surface area contributed by atoms with Crippen LogP contribution in [0.4, 0.5) is 0 Å².